The van der Waals surface area contributed by atoms with Crippen LogP contribution < -0.4 is 9.88 Å². The van der Waals surface area contributed by atoms with E-state index in [1.54, 1.807) is 0 Å². The molecule has 1 aromatic rings. The lowest BCUT2D eigenvalue weighted by Gasteiger charge is -2.05. The average Bonchev–Trinajstić information content (AvgIpc) is 3.04. The van der Waals surface area contributed by atoms with E-state index in [0.717, 1.165) is 33.3 Å². The van der Waals surface area contributed by atoms with Gasteiger partial charge in [0.1, 0.15) is 0 Å². The van der Waals surface area contributed by atoms with Gasteiger partial charge in [-0.15, -0.1) is 0 Å². The Balaban J connectivity index is 2.06. The summed E-state index contributed by atoms with van der Waals surface area (Å²) in [6.45, 7) is 4.30. The van der Waals surface area contributed by atoms with Gasteiger partial charge < -0.3 is 5.32 Å². The predicted octanol–water partition coefficient (Wildman–Crippen LogP) is 5.86. The number of aryl methyl sites for hydroxylation is 2. The smallest absolute Gasteiger partial charge is 0.265 e. The zero-order chi connectivity index (χ0) is 25.2. The number of hydrogen-bond acceptors (Lipinski definition) is 3. The number of amides is 1. The van der Waals surface area contributed by atoms with E-state index in [4.69, 9.17) is 4.55 Å². The van der Waals surface area contributed by atoms with Gasteiger partial charge in [0.2, 0.25) is 19.6 Å². The average molecular weight is 725 g/mol. The first kappa shape index (κ1) is 32.1. The Morgan fingerprint density at radius 1 is 0.941 bits per heavy atom. The Bertz CT molecular complexity index is 800. The summed E-state index contributed by atoms with van der Waals surface area (Å²) < 4.78 is 36.8. The van der Waals surface area contributed by atoms with Crippen LogP contribution in [-0.4, -0.2) is 35.7 Å². The molecule has 0 saturated heterocycles. The zero-order valence-corrected chi connectivity index (χ0v) is 25.9. The first-order valence-corrected chi connectivity index (χ1v) is 16.7. The summed E-state index contributed by atoms with van der Waals surface area (Å²) in [5.74, 6) is -0.127. The highest BCUT2D eigenvalue weighted by Crippen LogP contribution is 2.14. The Labute approximate surface area is 234 Å². The maximum absolute atomic E-state index is 12.1. The van der Waals surface area contributed by atoms with E-state index < -0.39 is 10.1 Å². The molecule has 10 heteroatoms. The second-order valence-corrected chi connectivity index (χ2v) is 12.7. The largest absolute Gasteiger partial charge is 0.356 e. The fraction of sp³-hybridized carbons (Fsp3) is 0.833. The summed E-state index contributed by atoms with van der Waals surface area (Å²) in [6.07, 6.45) is 19.4. The molecule has 1 aromatic heterocycles. The van der Waals surface area contributed by atoms with Gasteiger partial charge in [-0.3, -0.25) is 9.35 Å². The van der Waals surface area contributed by atoms with Crippen LogP contribution in [0.5, 0.6) is 0 Å². The normalized spacial score (nSPS) is 11.8. The van der Waals surface area contributed by atoms with Gasteiger partial charge in [-0.25, -0.2) is 9.13 Å². The molecule has 198 valence electrons. The third-order valence-electron chi connectivity index (χ3n) is 5.91. The third kappa shape index (κ3) is 15.9. The molecule has 34 heavy (non-hydrogen) atoms. The van der Waals surface area contributed by atoms with Gasteiger partial charge in [-0.05, 0) is 12.8 Å². The van der Waals surface area contributed by atoms with Crippen LogP contribution in [0.3, 0.4) is 0 Å². The minimum atomic E-state index is -3.92. The first-order chi connectivity index (χ1) is 16.2. The van der Waals surface area contributed by atoms with Crippen LogP contribution in [0.25, 0.3) is 0 Å². The summed E-state index contributed by atoms with van der Waals surface area (Å²) in [5.41, 5.74) is 0. The van der Waals surface area contributed by atoms with Crippen LogP contribution in [0.1, 0.15) is 103 Å². The van der Waals surface area contributed by atoms with E-state index >= 15 is 0 Å². The molecule has 1 heterocycles. The Kier molecular flexibility index (Phi) is 18.1. The number of imidazole rings is 1. The van der Waals surface area contributed by atoms with Crippen LogP contribution in [0, 0.1) is 7.40 Å². The second kappa shape index (κ2) is 19.2. The maximum atomic E-state index is 12.1. The van der Waals surface area contributed by atoms with E-state index in [0.29, 0.717) is 19.4 Å². The van der Waals surface area contributed by atoms with Gasteiger partial charge in [-0.1, -0.05) is 77.6 Å². The number of unbranched alkanes of at least 4 members (excludes halogenated alkanes) is 11. The molecule has 0 aliphatic rings. The van der Waals surface area contributed by atoms with Crippen molar-refractivity contribution in [3.8, 4) is 0 Å². The van der Waals surface area contributed by atoms with Crippen LogP contribution in [0.4, 0.5) is 0 Å². The molecule has 7 nitrogen and oxygen atoms in total. The zero-order valence-electron chi connectivity index (χ0n) is 20.7. The lowest BCUT2D eigenvalue weighted by atomic mass is 10.1. The number of carbonyl (C=O) groups is 1. The number of halogens is 2. The maximum Gasteiger partial charge on any atom is 0.265 e. The van der Waals surface area contributed by atoms with Gasteiger partial charge in [0.05, 0.1) is 18.8 Å². The van der Waals surface area contributed by atoms with Crippen molar-refractivity contribution in [3.63, 3.8) is 0 Å². The number of aromatic nitrogens is 2. The minimum absolute atomic E-state index is 0.112. The highest BCUT2D eigenvalue weighted by Gasteiger charge is 2.19. The number of nitrogens with one attached hydrogen (secondary N) is 1. The van der Waals surface area contributed by atoms with E-state index in [2.05, 4.69) is 62.0 Å². The van der Waals surface area contributed by atoms with Crippen molar-refractivity contribution in [1.82, 2.24) is 9.88 Å². The Morgan fingerprint density at radius 2 is 1.50 bits per heavy atom. The van der Waals surface area contributed by atoms with Crippen LogP contribution in [0.15, 0.2) is 6.33 Å². The van der Waals surface area contributed by atoms with Gasteiger partial charge >= 0.3 is 0 Å². The van der Waals surface area contributed by atoms with Gasteiger partial charge in [-0.2, -0.15) is 8.42 Å². The quantitative estimate of drug-likeness (QED) is 0.0720. The molecule has 1 amide bonds. The summed E-state index contributed by atoms with van der Waals surface area (Å²) >= 11 is 4.51. The molecule has 0 radical (unpaired) electrons. The molecule has 2 N–H and O–H groups in total. The number of rotatable bonds is 21. The van der Waals surface area contributed by atoms with E-state index in [-0.39, 0.29) is 11.7 Å². The summed E-state index contributed by atoms with van der Waals surface area (Å²) in [6, 6.07) is 0. The fourth-order valence-electron chi connectivity index (χ4n) is 3.93. The van der Waals surface area contributed by atoms with E-state index in [9.17, 15) is 13.2 Å². The number of nitrogens with zero attached hydrogens (tertiary/aromatic N) is 2. The monoisotopic (exact) mass is 724 g/mol. The molecule has 0 bridgehead atoms. The second-order valence-electron chi connectivity index (χ2n) is 9.07. The number of carbonyl (C=O) groups excluding carboxylic acids is 1. The minimum Gasteiger partial charge on any atom is -0.356 e. The van der Waals surface area contributed by atoms with Crippen LogP contribution in [0.2, 0.25) is 0 Å². The number of hydrogen-bond donors (Lipinski definition) is 2. The Morgan fingerprint density at radius 3 is 2.06 bits per heavy atom. The van der Waals surface area contributed by atoms with Crippen molar-refractivity contribution in [2.75, 3.05) is 12.3 Å². The highest BCUT2D eigenvalue weighted by atomic mass is 127. The van der Waals surface area contributed by atoms with E-state index in [1.807, 2.05) is 10.9 Å². The van der Waals surface area contributed by atoms with Crippen molar-refractivity contribution in [3.05, 3.63) is 13.7 Å². The predicted molar refractivity (Wildman–Crippen MR) is 154 cm³/mol. The molecule has 0 aromatic carbocycles. The van der Waals surface area contributed by atoms with E-state index in [1.165, 1.54) is 70.6 Å². The third-order valence-corrected chi connectivity index (χ3v) is 10.0. The van der Waals surface area contributed by atoms with Crippen molar-refractivity contribution in [1.29, 1.82) is 0 Å². The van der Waals surface area contributed by atoms with Crippen LogP contribution >= 0.6 is 45.2 Å². The van der Waals surface area contributed by atoms with Gasteiger partial charge in [0.15, 0.2) is 0 Å². The lowest BCUT2D eigenvalue weighted by Crippen LogP contribution is -2.36. The van der Waals surface area contributed by atoms with Crippen molar-refractivity contribution >= 4 is 61.2 Å². The van der Waals surface area contributed by atoms with Crippen molar-refractivity contribution < 1.29 is 22.3 Å². The molecule has 0 aliphatic heterocycles. The topological polar surface area (TPSA) is 92.3 Å². The standard InChI is InChI=1S/C24H43I2N3O4S/c1-2-3-4-5-6-7-8-9-10-11-12-13-17-27-22(30)16-14-18-28-21-29(24(26)23(28)25)19-15-20-34(31,32)33/h21H,2-20H2,1H3,(H-,27,30,31,32,33)/p+1. The fourth-order valence-corrected chi connectivity index (χ4v) is 5.77. The Hall–Kier alpha value is 0.0500. The molecule has 0 atom stereocenters. The molecule has 0 unspecified atom stereocenters. The highest BCUT2D eigenvalue weighted by molar-refractivity contribution is 14.1. The van der Waals surface area contributed by atoms with Gasteiger partial charge in [0.25, 0.3) is 10.1 Å². The molecular weight excluding hydrogens is 680 g/mol. The summed E-state index contributed by atoms with van der Waals surface area (Å²) in [4.78, 5) is 12.1. The van der Waals surface area contributed by atoms with Crippen molar-refractivity contribution in [2.45, 2.75) is 116 Å². The summed E-state index contributed by atoms with van der Waals surface area (Å²) in [5, 5.41) is 3.04. The molecule has 1 rings (SSSR count). The SMILES string of the molecule is CCCCCCCCCCCCCCNC(=O)CCC[n+]1cn(CCCS(=O)(=O)O)c(I)c1I. The van der Waals surface area contributed by atoms with Gasteiger partial charge in [0, 0.05) is 64.6 Å². The molecule has 0 fully saturated rings. The molecular formula is C24H44I2N3O4S+. The molecule has 0 spiro atoms. The molecule has 0 saturated carbocycles. The first-order valence-electron chi connectivity index (χ1n) is 12.9. The van der Waals surface area contributed by atoms with Crippen LogP contribution in [-0.2, 0) is 28.0 Å². The lowest BCUT2D eigenvalue weighted by molar-refractivity contribution is -0.708. The molecule has 0 aliphatic carbocycles. The summed E-state index contributed by atoms with van der Waals surface area (Å²) in [7, 11) is -3.92. The van der Waals surface area contributed by atoms with Crippen molar-refractivity contribution in [2.24, 2.45) is 0 Å².